The molecule has 1 heterocycles. The highest BCUT2D eigenvalue weighted by Gasteiger charge is 2.50. The molecule has 0 aromatic carbocycles. The van der Waals surface area contributed by atoms with E-state index in [0.717, 1.165) is 45.6 Å². The molecule has 1 saturated carbocycles. The molecule has 4 heteroatoms. The minimum Gasteiger partial charge on any atom is -0.381 e. The maximum Gasteiger partial charge on any atom is 0.0622 e. The van der Waals surface area contributed by atoms with Crippen LogP contribution >= 0.6 is 0 Å². The zero-order chi connectivity index (χ0) is 11.6. The van der Waals surface area contributed by atoms with Crippen molar-refractivity contribution in [1.82, 2.24) is 4.90 Å². The number of methoxy groups -OCH3 is 1. The van der Waals surface area contributed by atoms with Crippen LogP contribution in [0.4, 0.5) is 0 Å². The zero-order valence-electron chi connectivity index (χ0n) is 10.4. The van der Waals surface area contributed by atoms with Crippen LogP contribution in [-0.2, 0) is 9.47 Å². The summed E-state index contributed by atoms with van der Waals surface area (Å²) in [6, 6.07) is 0.537. The molecule has 0 aromatic rings. The second-order valence-electron chi connectivity index (χ2n) is 5.02. The molecule has 0 spiro atoms. The van der Waals surface area contributed by atoms with Crippen molar-refractivity contribution in [1.29, 1.82) is 0 Å². The first kappa shape index (κ1) is 12.3. The minimum absolute atomic E-state index is 0.186. The number of hydrogen-bond donors (Lipinski definition) is 1. The van der Waals surface area contributed by atoms with Gasteiger partial charge in [0.2, 0.25) is 0 Å². The van der Waals surface area contributed by atoms with Crippen molar-refractivity contribution >= 4 is 0 Å². The van der Waals surface area contributed by atoms with Crippen LogP contribution in [0.25, 0.3) is 0 Å². The van der Waals surface area contributed by atoms with Gasteiger partial charge in [0.05, 0.1) is 19.3 Å². The van der Waals surface area contributed by atoms with E-state index in [0.29, 0.717) is 12.1 Å². The van der Waals surface area contributed by atoms with Gasteiger partial charge in [-0.1, -0.05) is 6.92 Å². The number of morpholine rings is 1. The largest absolute Gasteiger partial charge is 0.381 e. The van der Waals surface area contributed by atoms with Gasteiger partial charge < -0.3 is 15.2 Å². The van der Waals surface area contributed by atoms with Gasteiger partial charge in [-0.2, -0.15) is 0 Å². The molecule has 1 unspecified atom stereocenters. The summed E-state index contributed by atoms with van der Waals surface area (Å²) in [4.78, 5) is 2.58. The Labute approximate surface area is 98.1 Å². The second kappa shape index (κ2) is 5.00. The normalized spacial score (nSPS) is 40.7. The van der Waals surface area contributed by atoms with Crippen molar-refractivity contribution in [2.75, 3.05) is 33.4 Å². The predicted octanol–water partition coefficient (Wildman–Crippen LogP) is 0.604. The molecule has 0 amide bonds. The quantitative estimate of drug-likeness (QED) is 0.765. The van der Waals surface area contributed by atoms with Crippen LogP contribution in [0.1, 0.15) is 26.2 Å². The molecule has 2 fully saturated rings. The summed E-state index contributed by atoms with van der Waals surface area (Å²) in [6.07, 6.45) is 3.70. The molecule has 0 aromatic heterocycles. The molecule has 4 nitrogen and oxygen atoms in total. The predicted molar refractivity (Wildman–Crippen MR) is 63.4 cm³/mol. The van der Waals surface area contributed by atoms with Gasteiger partial charge in [-0.25, -0.2) is 0 Å². The lowest BCUT2D eigenvalue weighted by molar-refractivity contribution is -0.138. The summed E-state index contributed by atoms with van der Waals surface area (Å²) in [6.45, 7) is 5.68. The molecule has 94 valence electrons. The highest BCUT2D eigenvalue weighted by Crippen LogP contribution is 2.40. The summed E-state index contributed by atoms with van der Waals surface area (Å²) < 4.78 is 10.9. The molecule has 16 heavy (non-hydrogen) atoms. The number of hydrogen-bond acceptors (Lipinski definition) is 4. The van der Waals surface area contributed by atoms with E-state index in [9.17, 15) is 0 Å². The van der Waals surface area contributed by atoms with Crippen LogP contribution in [0.3, 0.4) is 0 Å². The van der Waals surface area contributed by atoms with Crippen LogP contribution in [0.2, 0.25) is 0 Å². The Morgan fingerprint density at radius 2 is 2.25 bits per heavy atom. The zero-order valence-corrected chi connectivity index (χ0v) is 10.4. The van der Waals surface area contributed by atoms with Gasteiger partial charge in [0.25, 0.3) is 0 Å². The maximum absolute atomic E-state index is 6.00. The third-order valence-electron chi connectivity index (χ3n) is 4.24. The first-order chi connectivity index (χ1) is 7.75. The molecule has 1 aliphatic carbocycles. The Kier molecular flexibility index (Phi) is 3.85. The number of nitrogens with two attached hydrogens (primary N) is 1. The Morgan fingerprint density at radius 3 is 2.81 bits per heavy atom. The third-order valence-corrected chi connectivity index (χ3v) is 4.24. The van der Waals surface area contributed by atoms with Gasteiger partial charge >= 0.3 is 0 Å². The van der Waals surface area contributed by atoms with E-state index in [4.69, 9.17) is 15.2 Å². The lowest BCUT2D eigenvalue weighted by Gasteiger charge is -2.56. The van der Waals surface area contributed by atoms with E-state index in [2.05, 4.69) is 11.8 Å². The lowest BCUT2D eigenvalue weighted by Crippen LogP contribution is -2.68. The Hall–Kier alpha value is -0.160. The standard InChI is InChI=1S/C12H24N2O2/c1-3-10-8-16-5-4-14(10)12(9-13)6-11(7-12)15-2/h10-11H,3-9,13H2,1-2H3. The molecule has 0 bridgehead atoms. The Balaban J connectivity index is 2.02. The van der Waals surface area contributed by atoms with Gasteiger partial charge in [0.1, 0.15) is 0 Å². The first-order valence-electron chi connectivity index (χ1n) is 6.33. The van der Waals surface area contributed by atoms with Crippen LogP contribution in [-0.4, -0.2) is 56.0 Å². The van der Waals surface area contributed by atoms with Crippen molar-refractivity contribution in [2.45, 2.75) is 43.9 Å². The minimum atomic E-state index is 0.186. The third kappa shape index (κ3) is 1.99. The van der Waals surface area contributed by atoms with Crippen LogP contribution < -0.4 is 5.73 Å². The highest BCUT2D eigenvalue weighted by molar-refractivity contribution is 5.06. The molecule has 1 atom stereocenters. The van der Waals surface area contributed by atoms with E-state index < -0.39 is 0 Å². The summed E-state index contributed by atoms with van der Waals surface area (Å²) in [7, 11) is 1.79. The second-order valence-corrected chi connectivity index (χ2v) is 5.02. The molecule has 2 aliphatic rings. The summed E-state index contributed by atoms with van der Waals surface area (Å²) in [5.41, 5.74) is 6.18. The van der Waals surface area contributed by atoms with Gasteiger partial charge in [0, 0.05) is 31.8 Å². The smallest absolute Gasteiger partial charge is 0.0622 e. The van der Waals surface area contributed by atoms with Gasteiger partial charge in [-0.3, -0.25) is 4.90 Å². The Morgan fingerprint density at radius 1 is 1.50 bits per heavy atom. The fourth-order valence-corrected chi connectivity index (χ4v) is 3.09. The van der Waals surface area contributed by atoms with Crippen LogP contribution in [0, 0.1) is 0 Å². The molecule has 2 rings (SSSR count). The van der Waals surface area contributed by atoms with Crippen molar-refractivity contribution < 1.29 is 9.47 Å². The fraction of sp³-hybridized carbons (Fsp3) is 1.00. The average Bonchev–Trinajstić information content (AvgIpc) is 2.29. The maximum atomic E-state index is 6.00. The summed E-state index contributed by atoms with van der Waals surface area (Å²) in [5, 5.41) is 0. The van der Waals surface area contributed by atoms with Crippen molar-refractivity contribution in [3.63, 3.8) is 0 Å². The van der Waals surface area contributed by atoms with Gasteiger partial charge in [0.15, 0.2) is 0 Å². The van der Waals surface area contributed by atoms with Crippen LogP contribution in [0.5, 0.6) is 0 Å². The number of ether oxygens (including phenoxy) is 2. The molecule has 2 N–H and O–H groups in total. The summed E-state index contributed by atoms with van der Waals surface area (Å²) >= 11 is 0. The molecule has 0 radical (unpaired) electrons. The highest BCUT2D eigenvalue weighted by atomic mass is 16.5. The number of nitrogens with zero attached hydrogens (tertiary/aromatic N) is 1. The first-order valence-corrected chi connectivity index (χ1v) is 6.33. The van der Waals surface area contributed by atoms with Crippen molar-refractivity contribution in [3.05, 3.63) is 0 Å². The number of rotatable bonds is 4. The Bertz CT molecular complexity index is 229. The monoisotopic (exact) mass is 228 g/mol. The van der Waals surface area contributed by atoms with Crippen LogP contribution in [0.15, 0.2) is 0 Å². The van der Waals surface area contributed by atoms with E-state index in [1.54, 1.807) is 7.11 Å². The molecular weight excluding hydrogens is 204 g/mol. The SMILES string of the molecule is CCC1COCCN1C1(CN)CC(OC)C1. The van der Waals surface area contributed by atoms with E-state index in [1.165, 1.54) is 0 Å². The average molecular weight is 228 g/mol. The summed E-state index contributed by atoms with van der Waals surface area (Å²) in [5.74, 6) is 0. The van der Waals surface area contributed by atoms with Gasteiger partial charge in [-0.15, -0.1) is 0 Å². The van der Waals surface area contributed by atoms with Crippen molar-refractivity contribution in [3.8, 4) is 0 Å². The molecule has 1 aliphatic heterocycles. The fourth-order valence-electron chi connectivity index (χ4n) is 3.09. The molecular formula is C12H24N2O2. The van der Waals surface area contributed by atoms with Crippen molar-refractivity contribution in [2.24, 2.45) is 5.73 Å². The van der Waals surface area contributed by atoms with Gasteiger partial charge in [-0.05, 0) is 19.3 Å². The molecule has 1 saturated heterocycles. The van der Waals surface area contributed by atoms with E-state index in [1.807, 2.05) is 0 Å². The van der Waals surface area contributed by atoms with E-state index in [-0.39, 0.29) is 5.54 Å². The van der Waals surface area contributed by atoms with E-state index >= 15 is 0 Å². The topological polar surface area (TPSA) is 47.7 Å². The lowest BCUT2D eigenvalue weighted by atomic mass is 9.71.